The topological polar surface area (TPSA) is 89.0 Å². The standard InChI is InChI=1S/C22H25N3O4/c1-3-14-29-19-12-10-18(11-13-19)16-23-25-21(26)20(24-22(27)28-4-2)15-17-8-6-5-7-9-17/h3,5-13,16,20H,1,4,14-15H2,2H3,(H,24,27)(H,25,26)/b23-16-/t20-/m1/s1. The maximum absolute atomic E-state index is 12.5. The molecule has 0 saturated heterocycles. The second kappa shape index (κ2) is 12.0. The van der Waals surface area contributed by atoms with Gasteiger partial charge in [0, 0.05) is 6.42 Å². The summed E-state index contributed by atoms with van der Waals surface area (Å²) < 4.78 is 10.3. The summed E-state index contributed by atoms with van der Waals surface area (Å²) in [5, 5.41) is 6.55. The van der Waals surface area contributed by atoms with Gasteiger partial charge in [0.05, 0.1) is 12.8 Å². The number of carbonyl (C=O) groups excluding carboxylic acids is 2. The largest absolute Gasteiger partial charge is 0.490 e. The minimum Gasteiger partial charge on any atom is -0.490 e. The van der Waals surface area contributed by atoms with E-state index in [1.54, 1.807) is 25.1 Å². The molecule has 2 aromatic rings. The number of ether oxygens (including phenoxy) is 2. The van der Waals surface area contributed by atoms with Gasteiger partial charge >= 0.3 is 6.09 Å². The number of alkyl carbamates (subject to hydrolysis) is 1. The van der Waals surface area contributed by atoms with E-state index in [2.05, 4.69) is 22.4 Å². The summed E-state index contributed by atoms with van der Waals surface area (Å²) >= 11 is 0. The van der Waals surface area contributed by atoms with E-state index in [0.29, 0.717) is 18.8 Å². The van der Waals surface area contributed by atoms with Crippen molar-refractivity contribution in [2.45, 2.75) is 19.4 Å². The van der Waals surface area contributed by atoms with Gasteiger partial charge in [-0.25, -0.2) is 10.2 Å². The maximum Gasteiger partial charge on any atom is 0.407 e. The van der Waals surface area contributed by atoms with Crippen LogP contribution < -0.4 is 15.5 Å². The van der Waals surface area contributed by atoms with Gasteiger partial charge in [0.25, 0.3) is 5.91 Å². The lowest BCUT2D eigenvalue weighted by atomic mass is 10.1. The van der Waals surface area contributed by atoms with Gasteiger partial charge in [0.15, 0.2) is 0 Å². The lowest BCUT2D eigenvalue weighted by Crippen LogP contribution is -2.47. The Kier molecular flexibility index (Phi) is 8.95. The van der Waals surface area contributed by atoms with E-state index in [1.165, 1.54) is 6.21 Å². The van der Waals surface area contributed by atoms with Crippen molar-refractivity contribution in [2.75, 3.05) is 13.2 Å². The summed E-state index contributed by atoms with van der Waals surface area (Å²) in [5.74, 6) is 0.275. The first-order valence-corrected chi connectivity index (χ1v) is 9.26. The normalized spacial score (nSPS) is 11.5. The van der Waals surface area contributed by atoms with E-state index in [4.69, 9.17) is 9.47 Å². The average molecular weight is 395 g/mol. The number of amides is 2. The lowest BCUT2D eigenvalue weighted by molar-refractivity contribution is -0.123. The van der Waals surface area contributed by atoms with E-state index in [1.807, 2.05) is 42.5 Å². The molecule has 29 heavy (non-hydrogen) atoms. The zero-order chi connectivity index (χ0) is 20.9. The van der Waals surface area contributed by atoms with E-state index in [0.717, 1.165) is 11.1 Å². The summed E-state index contributed by atoms with van der Waals surface area (Å²) in [6.45, 7) is 5.95. The van der Waals surface area contributed by atoms with Crippen molar-refractivity contribution in [1.29, 1.82) is 0 Å². The van der Waals surface area contributed by atoms with Gasteiger partial charge in [-0.2, -0.15) is 5.10 Å². The van der Waals surface area contributed by atoms with Crippen LogP contribution >= 0.6 is 0 Å². The lowest BCUT2D eigenvalue weighted by Gasteiger charge is -2.16. The molecule has 2 amide bonds. The van der Waals surface area contributed by atoms with Crippen molar-refractivity contribution < 1.29 is 19.1 Å². The van der Waals surface area contributed by atoms with Crippen LogP contribution in [0, 0.1) is 0 Å². The molecule has 1 atom stereocenters. The SMILES string of the molecule is C=CCOc1ccc(/C=N\NC(=O)[C@@H](Cc2ccccc2)NC(=O)OCC)cc1. The fourth-order valence-corrected chi connectivity index (χ4v) is 2.43. The zero-order valence-corrected chi connectivity index (χ0v) is 16.3. The van der Waals surface area contributed by atoms with Crippen LogP contribution in [0.25, 0.3) is 0 Å². The number of benzene rings is 2. The molecule has 2 N–H and O–H groups in total. The molecule has 0 heterocycles. The van der Waals surface area contributed by atoms with Crippen LogP contribution in [0.15, 0.2) is 72.4 Å². The Hall–Kier alpha value is -3.61. The predicted molar refractivity (Wildman–Crippen MR) is 112 cm³/mol. The number of hydrazone groups is 1. The van der Waals surface area contributed by atoms with E-state index in [9.17, 15) is 9.59 Å². The fraction of sp³-hybridized carbons (Fsp3) is 0.227. The van der Waals surface area contributed by atoms with Crippen LogP contribution in [-0.2, 0) is 16.0 Å². The molecule has 2 aromatic carbocycles. The summed E-state index contributed by atoms with van der Waals surface area (Å²) in [6.07, 6.45) is 2.85. The van der Waals surface area contributed by atoms with Crippen molar-refractivity contribution >= 4 is 18.2 Å². The van der Waals surface area contributed by atoms with E-state index >= 15 is 0 Å². The summed E-state index contributed by atoms with van der Waals surface area (Å²) in [5.41, 5.74) is 4.16. The molecule has 0 aliphatic carbocycles. The first-order chi connectivity index (χ1) is 14.1. The summed E-state index contributed by atoms with van der Waals surface area (Å²) in [4.78, 5) is 24.3. The number of hydrogen-bond donors (Lipinski definition) is 2. The summed E-state index contributed by atoms with van der Waals surface area (Å²) in [6, 6.07) is 15.8. The Morgan fingerprint density at radius 1 is 1.14 bits per heavy atom. The molecule has 0 saturated carbocycles. The maximum atomic E-state index is 12.5. The molecule has 0 aliphatic rings. The third kappa shape index (κ3) is 7.88. The van der Waals surface area contributed by atoms with Crippen molar-refractivity contribution in [3.8, 4) is 5.75 Å². The Bertz CT molecular complexity index is 820. The van der Waals surface area contributed by atoms with Crippen LogP contribution in [0.4, 0.5) is 4.79 Å². The Morgan fingerprint density at radius 2 is 1.86 bits per heavy atom. The average Bonchev–Trinajstić information content (AvgIpc) is 2.73. The van der Waals surface area contributed by atoms with Gasteiger partial charge in [-0.1, -0.05) is 43.0 Å². The highest BCUT2D eigenvalue weighted by Gasteiger charge is 2.21. The molecular formula is C22H25N3O4. The molecular weight excluding hydrogens is 370 g/mol. The van der Waals surface area contributed by atoms with Crippen molar-refractivity contribution in [3.63, 3.8) is 0 Å². The number of carbonyl (C=O) groups is 2. The second-order valence-electron chi connectivity index (χ2n) is 6.01. The molecule has 0 spiro atoms. The van der Waals surface area contributed by atoms with E-state index in [-0.39, 0.29) is 6.61 Å². The fourth-order valence-electron chi connectivity index (χ4n) is 2.43. The highest BCUT2D eigenvalue weighted by molar-refractivity contribution is 5.87. The number of nitrogens with zero attached hydrogens (tertiary/aromatic N) is 1. The number of rotatable bonds is 10. The Balaban J connectivity index is 1.97. The van der Waals surface area contributed by atoms with Crippen molar-refractivity contribution in [1.82, 2.24) is 10.7 Å². The Morgan fingerprint density at radius 3 is 2.52 bits per heavy atom. The van der Waals surface area contributed by atoms with Gasteiger partial charge < -0.3 is 14.8 Å². The van der Waals surface area contributed by atoms with Crippen LogP contribution in [0.3, 0.4) is 0 Å². The molecule has 0 radical (unpaired) electrons. The molecule has 0 aliphatic heterocycles. The molecule has 7 heteroatoms. The molecule has 0 fully saturated rings. The highest BCUT2D eigenvalue weighted by Crippen LogP contribution is 2.11. The molecule has 7 nitrogen and oxygen atoms in total. The van der Waals surface area contributed by atoms with Crippen LogP contribution in [0.2, 0.25) is 0 Å². The first-order valence-electron chi connectivity index (χ1n) is 9.26. The highest BCUT2D eigenvalue weighted by atomic mass is 16.5. The monoisotopic (exact) mass is 395 g/mol. The third-order valence-electron chi connectivity index (χ3n) is 3.80. The van der Waals surface area contributed by atoms with Gasteiger partial charge in [-0.15, -0.1) is 0 Å². The van der Waals surface area contributed by atoms with Crippen LogP contribution in [-0.4, -0.2) is 37.5 Å². The molecule has 2 rings (SSSR count). The Labute approximate surface area is 170 Å². The van der Waals surface area contributed by atoms with Crippen molar-refractivity contribution in [2.24, 2.45) is 5.10 Å². The summed E-state index contributed by atoms with van der Waals surface area (Å²) in [7, 11) is 0. The molecule has 0 unspecified atom stereocenters. The van der Waals surface area contributed by atoms with E-state index < -0.39 is 18.0 Å². The first kappa shape index (κ1) is 21.7. The minimum atomic E-state index is -0.816. The number of nitrogens with one attached hydrogen (secondary N) is 2. The van der Waals surface area contributed by atoms with Gasteiger partial charge in [0.1, 0.15) is 18.4 Å². The quantitative estimate of drug-likeness (QED) is 0.368. The van der Waals surface area contributed by atoms with Gasteiger partial charge in [-0.05, 0) is 42.3 Å². The molecule has 0 aromatic heterocycles. The van der Waals surface area contributed by atoms with Crippen molar-refractivity contribution in [3.05, 3.63) is 78.4 Å². The van der Waals surface area contributed by atoms with Gasteiger partial charge in [0.2, 0.25) is 0 Å². The van der Waals surface area contributed by atoms with Crippen LogP contribution in [0.1, 0.15) is 18.1 Å². The zero-order valence-electron chi connectivity index (χ0n) is 16.3. The van der Waals surface area contributed by atoms with Crippen LogP contribution in [0.5, 0.6) is 5.75 Å². The molecule has 0 bridgehead atoms. The smallest absolute Gasteiger partial charge is 0.407 e. The number of hydrogen-bond acceptors (Lipinski definition) is 5. The predicted octanol–water partition coefficient (Wildman–Crippen LogP) is 3.06. The second-order valence-corrected chi connectivity index (χ2v) is 6.01. The minimum absolute atomic E-state index is 0.218. The molecule has 152 valence electrons. The van der Waals surface area contributed by atoms with Gasteiger partial charge in [-0.3, -0.25) is 4.79 Å². The third-order valence-corrected chi connectivity index (χ3v) is 3.80.